The number of benzene rings is 2. The van der Waals surface area contributed by atoms with E-state index in [-0.39, 0.29) is 17.1 Å². The van der Waals surface area contributed by atoms with Crippen molar-refractivity contribution >= 4 is 33.4 Å². The fourth-order valence-electron chi connectivity index (χ4n) is 5.05. The number of aromatic amines is 2. The summed E-state index contributed by atoms with van der Waals surface area (Å²) in [6, 6.07) is 15.0. The molecule has 0 atom stereocenters. The zero-order valence-electron chi connectivity index (χ0n) is 22.8. The highest BCUT2D eigenvalue weighted by Crippen LogP contribution is 2.35. The molecule has 0 saturated heterocycles. The first-order valence-electron chi connectivity index (χ1n) is 13.1. The molecule has 0 aliphatic rings. The summed E-state index contributed by atoms with van der Waals surface area (Å²) in [5.41, 5.74) is 8.16. The Hall–Kier alpha value is -4.85. The summed E-state index contributed by atoms with van der Waals surface area (Å²) in [6.07, 6.45) is 7.38. The molecule has 0 aliphatic heterocycles. The summed E-state index contributed by atoms with van der Waals surface area (Å²) in [5, 5.41) is 12.6. The van der Waals surface area contributed by atoms with Crippen LogP contribution in [0.2, 0.25) is 0 Å². The molecule has 6 rings (SSSR count). The van der Waals surface area contributed by atoms with E-state index in [0.717, 1.165) is 61.0 Å². The maximum absolute atomic E-state index is 14.2. The molecule has 0 bridgehead atoms. The van der Waals surface area contributed by atoms with E-state index in [1.165, 1.54) is 12.1 Å². The van der Waals surface area contributed by atoms with Crippen molar-refractivity contribution in [2.24, 2.45) is 5.41 Å². The summed E-state index contributed by atoms with van der Waals surface area (Å²) in [5.74, 6) is -0.319. The van der Waals surface area contributed by atoms with Gasteiger partial charge in [-0.05, 0) is 65.4 Å². The van der Waals surface area contributed by atoms with E-state index in [0.29, 0.717) is 12.1 Å². The molecular formula is C32H29FN6O. The number of anilines is 1. The number of nitrogens with one attached hydrogen (secondary N) is 3. The predicted octanol–water partition coefficient (Wildman–Crippen LogP) is 7.66. The summed E-state index contributed by atoms with van der Waals surface area (Å²) in [7, 11) is 0. The molecule has 40 heavy (non-hydrogen) atoms. The van der Waals surface area contributed by atoms with E-state index in [4.69, 9.17) is 0 Å². The van der Waals surface area contributed by atoms with Gasteiger partial charge in [-0.15, -0.1) is 0 Å². The molecule has 0 aliphatic carbocycles. The van der Waals surface area contributed by atoms with Gasteiger partial charge in [0.1, 0.15) is 11.5 Å². The lowest BCUT2D eigenvalue weighted by atomic mass is 9.92. The molecule has 1 amide bonds. The second-order valence-corrected chi connectivity index (χ2v) is 11.4. The molecule has 4 aromatic heterocycles. The minimum Gasteiger partial charge on any atom is -0.352 e. The van der Waals surface area contributed by atoms with Crippen LogP contribution >= 0.6 is 0 Å². The highest BCUT2D eigenvalue weighted by atomic mass is 19.1. The third-order valence-electron chi connectivity index (χ3n) is 6.76. The van der Waals surface area contributed by atoms with Crippen molar-refractivity contribution in [2.75, 3.05) is 5.32 Å². The van der Waals surface area contributed by atoms with Gasteiger partial charge in [-0.25, -0.2) is 4.39 Å². The number of pyridine rings is 2. The maximum atomic E-state index is 14.2. The Kier molecular flexibility index (Phi) is 6.18. The average molecular weight is 533 g/mol. The highest BCUT2D eigenvalue weighted by Gasteiger charge is 2.17. The van der Waals surface area contributed by atoms with Crippen molar-refractivity contribution in [3.05, 3.63) is 84.7 Å². The second kappa shape index (κ2) is 9.72. The molecule has 0 fully saturated rings. The minimum absolute atomic E-state index is 0.0416. The minimum atomic E-state index is -0.277. The molecule has 0 unspecified atom stereocenters. The lowest BCUT2D eigenvalue weighted by Crippen LogP contribution is -2.19. The second-order valence-electron chi connectivity index (χ2n) is 11.4. The van der Waals surface area contributed by atoms with Crippen LogP contribution in [0.15, 0.2) is 73.3 Å². The number of halogens is 1. The summed E-state index contributed by atoms with van der Waals surface area (Å²) < 4.78 is 14.2. The molecule has 2 aromatic carbocycles. The third kappa shape index (κ3) is 5.08. The molecule has 0 saturated carbocycles. The molecule has 0 radical (unpaired) electrons. The van der Waals surface area contributed by atoms with Crippen molar-refractivity contribution in [3.63, 3.8) is 0 Å². The summed E-state index contributed by atoms with van der Waals surface area (Å²) >= 11 is 0. The van der Waals surface area contributed by atoms with Crippen LogP contribution in [-0.2, 0) is 4.79 Å². The van der Waals surface area contributed by atoms with E-state index in [9.17, 15) is 9.18 Å². The van der Waals surface area contributed by atoms with Crippen LogP contribution in [0.1, 0.15) is 32.8 Å². The first-order chi connectivity index (χ1) is 19.1. The maximum Gasteiger partial charge on any atom is 0.224 e. The van der Waals surface area contributed by atoms with Gasteiger partial charge in [0.25, 0.3) is 0 Å². The number of fused-ring (bicyclic) bond motifs is 2. The van der Waals surface area contributed by atoms with E-state index >= 15 is 0 Å². The highest BCUT2D eigenvalue weighted by molar-refractivity contribution is 6.01. The SMILES string of the molecule is Cc1cc(F)cc(-c2cncc3[nH]c(-c4n[nH]c5ccc(-c6cncc(NC(=O)CC(C)(C)C)c6)cc45)cc23)c1. The molecule has 8 heteroatoms. The lowest BCUT2D eigenvalue weighted by molar-refractivity contribution is -0.117. The molecule has 7 nitrogen and oxygen atoms in total. The van der Waals surface area contributed by atoms with Crippen LogP contribution in [-0.4, -0.2) is 31.1 Å². The smallest absolute Gasteiger partial charge is 0.224 e. The van der Waals surface area contributed by atoms with Gasteiger partial charge in [-0.3, -0.25) is 19.9 Å². The number of hydrogen-bond acceptors (Lipinski definition) is 4. The van der Waals surface area contributed by atoms with Crippen molar-refractivity contribution < 1.29 is 9.18 Å². The number of carbonyl (C=O) groups excluding carboxylic acids is 1. The van der Waals surface area contributed by atoms with E-state index < -0.39 is 0 Å². The zero-order chi connectivity index (χ0) is 28.0. The lowest BCUT2D eigenvalue weighted by Gasteiger charge is -2.17. The number of amides is 1. The monoisotopic (exact) mass is 532 g/mol. The number of aryl methyl sites for hydroxylation is 1. The molecular weight excluding hydrogens is 503 g/mol. The van der Waals surface area contributed by atoms with Gasteiger partial charge >= 0.3 is 0 Å². The molecule has 6 aromatic rings. The van der Waals surface area contributed by atoms with Gasteiger partial charge in [0, 0.05) is 40.7 Å². The van der Waals surface area contributed by atoms with Gasteiger partial charge in [-0.2, -0.15) is 5.10 Å². The quantitative estimate of drug-likeness (QED) is 0.212. The van der Waals surface area contributed by atoms with Gasteiger partial charge in [0.2, 0.25) is 5.91 Å². The van der Waals surface area contributed by atoms with Crippen molar-refractivity contribution in [3.8, 4) is 33.6 Å². The van der Waals surface area contributed by atoms with Gasteiger partial charge in [0.05, 0.1) is 34.8 Å². The van der Waals surface area contributed by atoms with E-state index in [2.05, 4.69) is 36.5 Å². The van der Waals surface area contributed by atoms with Gasteiger partial charge in [-0.1, -0.05) is 32.9 Å². The molecule has 0 spiro atoms. The Morgan fingerprint density at radius 3 is 2.50 bits per heavy atom. The Bertz CT molecular complexity index is 1880. The number of carbonyl (C=O) groups is 1. The number of rotatable bonds is 5. The predicted molar refractivity (Wildman–Crippen MR) is 157 cm³/mol. The largest absolute Gasteiger partial charge is 0.352 e. The molecule has 200 valence electrons. The Morgan fingerprint density at radius 2 is 1.70 bits per heavy atom. The summed E-state index contributed by atoms with van der Waals surface area (Å²) in [6.45, 7) is 7.98. The third-order valence-corrected chi connectivity index (χ3v) is 6.76. The van der Waals surface area contributed by atoms with Crippen molar-refractivity contribution in [1.29, 1.82) is 0 Å². The Morgan fingerprint density at radius 1 is 0.875 bits per heavy atom. The average Bonchev–Trinajstić information content (AvgIpc) is 3.50. The molecule has 3 N–H and O–H groups in total. The van der Waals surface area contributed by atoms with Gasteiger partial charge in [0.15, 0.2) is 0 Å². The van der Waals surface area contributed by atoms with E-state index in [1.807, 2.05) is 58.0 Å². The fourth-order valence-corrected chi connectivity index (χ4v) is 5.05. The van der Waals surface area contributed by atoms with Crippen molar-refractivity contribution in [2.45, 2.75) is 34.1 Å². The zero-order valence-corrected chi connectivity index (χ0v) is 22.8. The first kappa shape index (κ1) is 25.4. The van der Waals surface area contributed by atoms with Gasteiger partial charge < -0.3 is 10.3 Å². The standard InChI is InChI=1S/C32H29FN6O/c1-18-7-20(9-22(33)8-18)26-16-35-17-29-24(26)12-28(37-29)31-25-11-19(5-6-27(25)38-39-31)21-10-23(15-34-14-21)36-30(40)13-32(2,3)4/h5-12,14-17,37H,13H2,1-4H3,(H,36,40)(H,38,39). The summed E-state index contributed by atoms with van der Waals surface area (Å²) in [4.78, 5) is 24.6. The normalized spacial score (nSPS) is 11.8. The molecule has 4 heterocycles. The van der Waals surface area contributed by atoms with Crippen LogP contribution in [0.25, 0.3) is 55.4 Å². The topological polar surface area (TPSA) is 99.3 Å². The fraction of sp³-hybridized carbons (Fsp3) is 0.188. The number of nitrogens with zero attached hydrogens (tertiary/aromatic N) is 3. The van der Waals surface area contributed by atoms with Crippen LogP contribution in [0.4, 0.5) is 10.1 Å². The van der Waals surface area contributed by atoms with Crippen molar-refractivity contribution in [1.82, 2.24) is 25.1 Å². The first-order valence-corrected chi connectivity index (χ1v) is 13.1. The van der Waals surface area contributed by atoms with Crippen LogP contribution in [0.5, 0.6) is 0 Å². The van der Waals surface area contributed by atoms with Crippen LogP contribution in [0.3, 0.4) is 0 Å². The van der Waals surface area contributed by atoms with Crippen LogP contribution < -0.4 is 5.32 Å². The number of aromatic nitrogens is 5. The number of hydrogen-bond donors (Lipinski definition) is 3. The van der Waals surface area contributed by atoms with Crippen LogP contribution in [0, 0.1) is 18.2 Å². The number of H-pyrrole nitrogens is 2. The Balaban J connectivity index is 1.37. The Labute approximate surface area is 230 Å². The van der Waals surface area contributed by atoms with E-state index in [1.54, 1.807) is 24.8 Å².